The molecule has 1 aromatic heterocycles. The van der Waals surface area contributed by atoms with Gasteiger partial charge >= 0.3 is 0 Å². The molecule has 2 aromatic rings. The monoisotopic (exact) mass is 326 g/mol. The number of H-pyrrole nitrogens is 1. The number of aromatic nitrogens is 2. The van der Waals surface area contributed by atoms with Gasteiger partial charge in [0, 0.05) is 28.7 Å². The standard InChI is InChI=1S/C13H18N4O2S2/c1-10(13-15-6-7-16-13)17-21(18,19)9-8-20-12-5-3-2-4-11(12)14/h2-7,10,17H,8-9,14H2,1H3,(H,15,16). The molecule has 6 nitrogen and oxygen atoms in total. The van der Waals surface area contributed by atoms with Crippen molar-refractivity contribution in [2.45, 2.75) is 17.9 Å². The topological polar surface area (TPSA) is 101 Å². The van der Waals surface area contributed by atoms with E-state index < -0.39 is 10.0 Å². The summed E-state index contributed by atoms with van der Waals surface area (Å²) in [7, 11) is -3.36. The summed E-state index contributed by atoms with van der Waals surface area (Å²) in [6.45, 7) is 1.75. The largest absolute Gasteiger partial charge is 0.398 e. The second-order valence-electron chi connectivity index (χ2n) is 4.52. The van der Waals surface area contributed by atoms with Crippen LogP contribution in [-0.2, 0) is 10.0 Å². The van der Waals surface area contributed by atoms with E-state index >= 15 is 0 Å². The van der Waals surface area contributed by atoms with Gasteiger partial charge < -0.3 is 10.7 Å². The van der Waals surface area contributed by atoms with E-state index in [0.717, 1.165) is 4.90 Å². The number of aromatic amines is 1. The summed E-state index contributed by atoms with van der Waals surface area (Å²) in [5.41, 5.74) is 6.48. The molecule has 2 rings (SSSR count). The molecule has 0 fully saturated rings. The summed E-state index contributed by atoms with van der Waals surface area (Å²) in [4.78, 5) is 7.82. The Balaban J connectivity index is 1.86. The van der Waals surface area contributed by atoms with Gasteiger partial charge in [-0.2, -0.15) is 0 Å². The molecule has 1 atom stereocenters. The van der Waals surface area contributed by atoms with Gasteiger partial charge in [-0.25, -0.2) is 18.1 Å². The lowest BCUT2D eigenvalue weighted by Gasteiger charge is -2.12. The first-order valence-electron chi connectivity index (χ1n) is 6.44. The van der Waals surface area contributed by atoms with Crippen LogP contribution in [0.15, 0.2) is 41.6 Å². The zero-order chi connectivity index (χ0) is 15.3. The molecule has 114 valence electrons. The molecule has 0 aliphatic carbocycles. The maximum absolute atomic E-state index is 12.0. The predicted octanol–water partition coefficient (Wildman–Crippen LogP) is 1.76. The number of thioether (sulfide) groups is 1. The molecule has 0 radical (unpaired) electrons. The number of sulfonamides is 1. The van der Waals surface area contributed by atoms with Crippen LogP contribution in [-0.4, -0.2) is 29.9 Å². The summed E-state index contributed by atoms with van der Waals surface area (Å²) < 4.78 is 26.6. The van der Waals surface area contributed by atoms with Crippen LogP contribution in [0.5, 0.6) is 0 Å². The van der Waals surface area contributed by atoms with Crippen molar-refractivity contribution in [2.75, 3.05) is 17.2 Å². The third kappa shape index (κ3) is 4.76. The molecule has 1 aromatic carbocycles. The zero-order valence-electron chi connectivity index (χ0n) is 11.6. The molecule has 4 N–H and O–H groups in total. The Hall–Kier alpha value is -1.51. The fourth-order valence-corrected chi connectivity index (χ4v) is 4.38. The quantitative estimate of drug-likeness (QED) is 0.532. The molecular weight excluding hydrogens is 308 g/mol. The minimum atomic E-state index is -3.36. The molecule has 0 saturated carbocycles. The van der Waals surface area contributed by atoms with Crippen LogP contribution < -0.4 is 10.5 Å². The smallest absolute Gasteiger partial charge is 0.213 e. The van der Waals surface area contributed by atoms with Crippen LogP contribution in [0.25, 0.3) is 0 Å². The SMILES string of the molecule is CC(NS(=O)(=O)CCSc1ccccc1N)c1ncc[nH]1. The summed E-state index contributed by atoms with van der Waals surface area (Å²) >= 11 is 1.43. The Morgan fingerprint density at radius 1 is 1.43 bits per heavy atom. The second kappa shape index (κ2) is 6.97. The van der Waals surface area contributed by atoms with Crippen molar-refractivity contribution >= 4 is 27.5 Å². The van der Waals surface area contributed by atoms with Crippen LogP contribution in [0, 0.1) is 0 Å². The number of rotatable bonds is 7. The van der Waals surface area contributed by atoms with Crippen molar-refractivity contribution < 1.29 is 8.42 Å². The van der Waals surface area contributed by atoms with E-state index in [-0.39, 0.29) is 11.8 Å². The molecular formula is C13H18N4O2S2. The van der Waals surface area contributed by atoms with E-state index in [4.69, 9.17) is 5.73 Å². The normalized spacial score (nSPS) is 13.2. The number of hydrogen-bond donors (Lipinski definition) is 3. The average molecular weight is 326 g/mol. The van der Waals surface area contributed by atoms with Gasteiger partial charge in [-0.15, -0.1) is 11.8 Å². The number of para-hydroxylation sites is 1. The van der Waals surface area contributed by atoms with E-state index in [1.807, 2.05) is 18.2 Å². The van der Waals surface area contributed by atoms with Crippen LogP contribution in [0.3, 0.4) is 0 Å². The minimum Gasteiger partial charge on any atom is -0.398 e. The highest BCUT2D eigenvalue weighted by Crippen LogP contribution is 2.24. The van der Waals surface area contributed by atoms with E-state index in [9.17, 15) is 8.42 Å². The van der Waals surface area contributed by atoms with Crippen LogP contribution in [0.1, 0.15) is 18.8 Å². The first-order chi connectivity index (χ1) is 9.98. The Bertz CT molecular complexity index is 671. The molecule has 0 bridgehead atoms. The number of nitrogen functional groups attached to an aromatic ring is 1. The lowest BCUT2D eigenvalue weighted by Crippen LogP contribution is -2.30. The highest BCUT2D eigenvalue weighted by atomic mass is 32.2. The summed E-state index contributed by atoms with van der Waals surface area (Å²) in [6.07, 6.45) is 3.25. The van der Waals surface area contributed by atoms with Crippen molar-refractivity contribution in [1.82, 2.24) is 14.7 Å². The lowest BCUT2D eigenvalue weighted by atomic mass is 10.3. The number of nitrogens with zero attached hydrogens (tertiary/aromatic N) is 1. The Kier molecular flexibility index (Phi) is 5.27. The Labute approximate surface area is 128 Å². The molecule has 0 amide bonds. The minimum absolute atomic E-state index is 0.0249. The molecule has 1 heterocycles. The molecule has 0 saturated heterocycles. The fourth-order valence-electron chi connectivity index (χ4n) is 1.77. The summed E-state index contributed by atoms with van der Waals surface area (Å²) in [5.74, 6) is 1.06. The highest BCUT2D eigenvalue weighted by Gasteiger charge is 2.17. The maximum Gasteiger partial charge on any atom is 0.213 e. The molecule has 8 heteroatoms. The molecule has 0 spiro atoms. The van der Waals surface area contributed by atoms with Gasteiger partial charge in [0.25, 0.3) is 0 Å². The lowest BCUT2D eigenvalue weighted by molar-refractivity contribution is 0.562. The number of imidazole rings is 1. The van der Waals surface area contributed by atoms with Crippen molar-refractivity contribution in [1.29, 1.82) is 0 Å². The average Bonchev–Trinajstić information content (AvgIpc) is 2.94. The van der Waals surface area contributed by atoms with E-state index in [0.29, 0.717) is 17.3 Å². The highest BCUT2D eigenvalue weighted by molar-refractivity contribution is 8.00. The van der Waals surface area contributed by atoms with Crippen molar-refractivity contribution in [3.05, 3.63) is 42.5 Å². The van der Waals surface area contributed by atoms with Gasteiger partial charge in [0.1, 0.15) is 5.82 Å². The third-order valence-electron chi connectivity index (χ3n) is 2.81. The van der Waals surface area contributed by atoms with Crippen molar-refractivity contribution in [2.24, 2.45) is 0 Å². The number of nitrogens with two attached hydrogens (primary N) is 1. The van der Waals surface area contributed by atoms with E-state index in [1.54, 1.807) is 25.4 Å². The third-order valence-corrected chi connectivity index (χ3v) is 5.62. The van der Waals surface area contributed by atoms with Gasteiger partial charge in [0.2, 0.25) is 10.0 Å². The summed E-state index contributed by atoms with van der Waals surface area (Å²) in [6, 6.07) is 7.03. The van der Waals surface area contributed by atoms with Crippen molar-refractivity contribution in [3.8, 4) is 0 Å². The number of anilines is 1. The Morgan fingerprint density at radius 2 is 2.19 bits per heavy atom. The van der Waals surface area contributed by atoms with Crippen LogP contribution in [0.4, 0.5) is 5.69 Å². The van der Waals surface area contributed by atoms with Crippen LogP contribution >= 0.6 is 11.8 Å². The summed E-state index contributed by atoms with van der Waals surface area (Å²) in [5, 5.41) is 0. The van der Waals surface area contributed by atoms with Gasteiger partial charge in [-0.05, 0) is 19.1 Å². The van der Waals surface area contributed by atoms with E-state index in [2.05, 4.69) is 14.7 Å². The van der Waals surface area contributed by atoms with Crippen molar-refractivity contribution in [3.63, 3.8) is 0 Å². The zero-order valence-corrected chi connectivity index (χ0v) is 13.2. The number of benzene rings is 1. The van der Waals surface area contributed by atoms with Gasteiger partial charge in [-0.3, -0.25) is 0 Å². The first kappa shape index (κ1) is 15.9. The maximum atomic E-state index is 12.0. The van der Waals surface area contributed by atoms with Crippen LogP contribution in [0.2, 0.25) is 0 Å². The molecule has 1 unspecified atom stereocenters. The van der Waals surface area contributed by atoms with E-state index in [1.165, 1.54) is 11.8 Å². The number of nitrogens with one attached hydrogen (secondary N) is 2. The second-order valence-corrected chi connectivity index (χ2v) is 7.53. The Morgan fingerprint density at radius 3 is 2.86 bits per heavy atom. The molecule has 21 heavy (non-hydrogen) atoms. The number of hydrogen-bond acceptors (Lipinski definition) is 5. The van der Waals surface area contributed by atoms with Gasteiger partial charge in [0.05, 0.1) is 11.8 Å². The molecule has 0 aliphatic rings. The first-order valence-corrected chi connectivity index (χ1v) is 9.08. The van der Waals surface area contributed by atoms with Gasteiger partial charge in [-0.1, -0.05) is 12.1 Å². The van der Waals surface area contributed by atoms with Gasteiger partial charge in [0.15, 0.2) is 0 Å². The predicted molar refractivity (Wildman–Crippen MR) is 85.5 cm³/mol. The molecule has 0 aliphatic heterocycles. The fraction of sp³-hybridized carbons (Fsp3) is 0.308.